The summed E-state index contributed by atoms with van der Waals surface area (Å²) in [6.45, 7) is 4.47. The largest absolute Gasteiger partial charge is 0.245 e. The lowest BCUT2D eigenvalue weighted by atomic mass is 9.90. The second-order valence-corrected chi connectivity index (χ2v) is 13.0. The molecule has 0 fully saturated rings. The summed E-state index contributed by atoms with van der Waals surface area (Å²) in [5.41, 5.74) is 13.4. The van der Waals surface area contributed by atoms with E-state index < -0.39 is 0 Å². The number of hydrogen-bond donors (Lipinski definition) is 0. The molecule has 2 heterocycles. The van der Waals surface area contributed by atoms with Gasteiger partial charge < -0.3 is 0 Å². The molecule has 238 valence electrons. The first-order chi connectivity index (χ1) is 24.7. The molecule has 0 saturated carbocycles. The molecule has 0 N–H and O–H groups in total. The maximum atomic E-state index is 5.63. The van der Waals surface area contributed by atoms with Gasteiger partial charge in [0.25, 0.3) is 0 Å². The van der Waals surface area contributed by atoms with E-state index in [0.717, 1.165) is 57.2 Å². The van der Waals surface area contributed by atoms with Gasteiger partial charge in [-0.15, -0.1) is 0 Å². The van der Waals surface area contributed by atoms with E-state index in [2.05, 4.69) is 172 Å². The van der Waals surface area contributed by atoms with Gasteiger partial charge in [0.05, 0.1) is 22.4 Å². The Labute approximate surface area is 292 Å². The average molecular weight is 641 g/mol. The van der Waals surface area contributed by atoms with Gasteiger partial charge in [0, 0.05) is 21.9 Å². The van der Waals surface area contributed by atoms with Crippen molar-refractivity contribution >= 4 is 43.4 Å². The van der Waals surface area contributed by atoms with Crippen molar-refractivity contribution in [2.24, 2.45) is 0 Å². The maximum absolute atomic E-state index is 5.63. The minimum atomic E-state index is 0.914. The normalized spacial score (nSPS) is 11.6. The summed E-state index contributed by atoms with van der Waals surface area (Å²) in [6, 6.07) is 56.9. The van der Waals surface area contributed by atoms with Gasteiger partial charge in [-0.25, -0.2) is 9.97 Å². The van der Waals surface area contributed by atoms with Crippen LogP contribution < -0.4 is 0 Å². The van der Waals surface area contributed by atoms with E-state index in [1.165, 1.54) is 54.9 Å². The van der Waals surface area contributed by atoms with Gasteiger partial charge in [-0.2, -0.15) is 0 Å². The first kappa shape index (κ1) is 30.0. The number of hydrogen-bond acceptors (Lipinski definition) is 2. The summed E-state index contributed by atoms with van der Waals surface area (Å²) in [5.74, 6) is 0. The zero-order chi connectivity index (χ0) is 33.6. The molecule has 2 heteroatoms. The highest BCUT2D eigenvalue weighted by Gasteiger charge is 2.20. The number of pyridine rings is 2. The molecule has 0 atom stereocenters. The quantitative estimate of drug-likeness (QED) is 0.169. The standard InChI is InChI=1S/C48H36N2/c1-3-31-23-25-35-19-11-13-21-37(35)45(31)43-29-41(33-15-7-5-8-16-33)39-27-28-40-42(34-17-9-6-10-18-34)30-44(50-48(40)47(39)49-43)46-32(4-2)24-26-36-20-12-14-22-38(36)46/h5-30H,3-4H2,1-2H3. The van der Waals surface area contributed by atoms with Crippen LogP contribution in [0.2, 0.25) is 0 Å². The Balaban J connectivity index is 1.46. The Morgan fingerprint density at radius 3 is 1.20 bits per heavy atom. The van der Waals surface area contributed by atoms with E-state index in [1.54, 1.807) is 0 Å². The van der Waals surface area contributed by atoms with Crippen LogP contribution in [0.3, 0.4) is 0 Å². The zero-order valence-corrected chi connectivity index (χ0v) is 28.3. The van der Waals surface area contributed by atoms with Crippen LogP contribution >= 0.6 is 0 Å². The van der Waals surface area contributed by atoms with Crippen molar-refractivity contribution in [1.29, 1.82) is 0 Å². The summed E-state index contributed by atoms with van der Waals surface area (Å²) < 4.78 is 0. The molecule has 0 aliphatic heterocycles. The van der Waals surface area contributed by atoms with Gasteiger partial charge in [0.1, 0.15) is 0 Å². The number of nitrogens with zero attached hydrogens (tertiary/aromatic N) is 2. The molecule has 2 nitrogen and oxygen atoms in total. The molecule has 0 aliphatic carbocycles. The fourth-order valence-corrected chi connectivity index (χ4v) is 7.77. The van der Waals surface area contributed by atoms with Crippen molar-refractivity contribution in [1.82, 2.24) is 9.97 Å². The number of rotatable bonds is 6. The molecule has 2 aromatic heterocycles. The third kappa shape index (κ3) is 4.95. The van der Waals surface area contributed by atoms with E-state index in [0.29, 0.717) is 0 Å². The molecular weight excluding hydrogens is 605 g/mol. The Bertz CT molecular complexity index is 2520. The number of aryl methyl sites for hydroxylation is 2. The zero-order valence-electron chi connectivity index (χ0n) is 28.3. The predicted octanol–water partition coefficient (Wildman–Crippen LogP) is 12.9. The molecule has 0 unspecified atom stereocenters. The van der Waals surface area contributed by atoms with Crippen molar-refractivity contribution in [2.45, 2.75) is 26.7 Å². The Hall–Kier alpha value is -6.12. The molecule has 0 spiro atoms. The minimum absolute atomic E-state index is 0.914. The van der Waals surface area contributed by atoms with Crippen LogP contribution in [-0.2, 0) is 12.8 Å². The SMILES string of the molecule is CCc1ccc2ccccc2c1-c1cc(-c2ccccc2)c2ccc3c(-c4ccccc4)cc(-c4c(CC)ccc5ccccc45)nc3c2n1. The van der Waals surface area contributed by atoms with Gasteiger partial charge >= 0.3 is 0 Å². The molecule has 0 radical (unpaired) electrons. The van der Waals surface area contributed by atoms with E-state index in [4.69, 9.17) is 9.97 Å². The predicted molar refractivity (Wildman–Crippen MR) is 213 cm³/mol. The second kappa shape index (κ2) is 12.4. The van der Waals surface area contributed by atoms with Crippen LogP contribution in [0.1, 0.15) is 25.0 Å². The summed E-state index contributed by atoms with van der Waals surface area (Å²) >= 11 is 0. The van der Waals surface area contributed by atoms with Gasteiger partial charge in [-0.3, -0.25) is 0 Å². The fourth-order valence-electron chi connectivity index (χ4n) is 7.77. The summed E-state index contributed by atoms with van der Waals surface area (Å²) in [4.78, 5) is 11.3. The average Bonchev–Trinajstić information content (AvgIpc) is 3.19. The summed E-state index contributed by atoms with van der Waals surface area (Å²) in [6.07, 6.45) is 1.83. The molecule has 9 rings (SSSR count). The van der Waals surface area contributed by atoms with Crippen LogP contribution in [0.4, 0.5) is 0 Å². The Kier molecular flexibility index (Phi) is 7.43. The van der Waals surface area contributed by atoms with E-state index >= 15 is 0 Å². The molecular formula is C48H36N2. The van der Waals surface area contributed by atoms with Crippen molar-refractivity contribution < 1.29 is 0 Å². The van der Waals surface area contributed by atoms with Crippen molar-refractivity contribution in [2.75, 3.05) is 0 Å². The molecule has 0 bridgehead atoms. The van der Waals surface area contributed by atoms with Crippen LogP contribution in [-0.4, -0.2) is 9.97 Å². The highest BCUT2D eigenvalue weighted by Crippen LogP contribution is 2.42. The van der Waals surface area contributed by atoms with Crippen LogP contribution in [0.5, 0.6) is 0 Å². The van der Waals surface area contributed by atoms with E-state index in [-0.39, 0.29) is 0 Å². The van der Waals surface area contributed by atoms with Crippen LogP contribution in [0.25, 0.3) is 88.1 Å². The van der Waals surface area contributed by atoms with Crippen molar-refractivity contribution in [3.8, 4) is 44.8 Å². The minimum Gasteiger partial charge on any atom is -0.245 e. The first-order valence-corrected chi connectivity index (χ1v) is 17.6. The Morgan fingerprint density at radius 2 is 0.780 bits per heavy atom. The molecule has 50 heavy (non-hydrogen) atoms. The smallest absolute Gasteiger partial charge is 0.0978 e. The van der Waals surface area contributed by atoms with Gasteiger partial charge in [0.15, 0.2) is 0 Å². The summed E-state index contributed by atoms with van der Waals surface area (Å²) in [7, 11) is 0. The van der Waals surface area contributed by atoms with Gasteiger partial charge in [-0.05, 0) is 79.9 Å². The third-order valence-corrected chi connectivity index (χ3v) is 10.2. The highest BCUT2D eigenvalue weighted by atomic mass is 14.8. The van der Waals surface area contributed by atoms with Gasteiger partial charge in [0.2, 0.25) is 0 Å². The lowest BCUT2D eigenvalue weighted by molar-refractivity contribution is 1.14. The van der Waals surface area contributed by atoms with E-state index in [9.17, 15) is 0 Å². The molecule has 0 saturated heterocycles. The monoisotopic (exact) mass is 640 g/mol. The molecule has 9 aromatic rings. The van der Waals surface area contributed by atoms with Crippen LogP contribution in [0, 0.1) is 0 Å². The molecule has 7 aromatic carbocycles. The highest BCUT2D eigenvalue weighted by molar-refractivity contribution is 6.14. The maximum Gasteiger partial charge on any atom is 0.0978 e. The molecule has 0 aliphatic rings. The lowest BCUT2D eigenvalue weighted by Crippen LogP contribution is -1.99. The van der Waals surface area contributed by atoms with Crippen molar-refractivity contribution in [3.05, 3.63) is 169 Å². The number of benzene rings is 7. The first-order valence-electron chi connectivity index (χ1n) is 17.6. The topological polar surface area (TPSA) is 25.8 Å². The Morgan fingerprint density at radius 1 is 0.380 bits per heavy atom. The molecule has 0 amide bonds. The summed E-state index contributed by atoms with van der Waals surface area (Å²) in [5, 5.41) is 7.08. The van der Waals surface area contributed by atoms with Crippen molar-refractivity contribution in [3.63, 3.8) is 0 Å². The fraction of sp³-hybridized carbons (Fsp3) is 0.0833. The van der Waals surface area contributed by atoms with Gasteiger partial charge in [-0.1, -0.05) is 159 Å². The second-order valence-electron chi connectivity index (χ2n) is 13.0. The van der Waals surface area contributed by atoms with Crippen LogP contribution in [0.15, 0.2) is 158 Å². The lowest BCUT2D eigenvalue weighted by Gasteiger charge is -2.18. The number of aromatic nitrogens is 2. The number of fused-ring (bicyclic) bond motifs is 5. The third-order valence-electron chi connectivity index (χ3n) is 10.2. The van der Waals surface area contributed by atoms with E-state index in [1.807, 2.05) is 0 Å².